The first-order valence-corrected chi connectivity index (χ1v) is 5.47. The van der Waals surface area contributed by atoms with Gasteiger partial charge in [0.25, 0.3) is 0 Å². The summed E-state index contributed by atoms with van der Waals surface area (Å²) in [5, 5.41) is 4.14. The van der Waals surface area contributed by atoms with E-state index in [1.165, 1.54) is 4.90 Å². The summed E-state index contributed by atoms with van der Waals surface area (Å²) in [4.78, 5) is 1.22. The van der Waals surface area contributed by atoms with E-state index >= 15 is 0 Å². The van der Waals surface area contributed by atoms with Crippen LogP contribution in [-0.4, -0.2) is 16.0 Å². The van der Waals surface area contributed by atoms with E-state index in [1.54, 1.807) is 22.5 Å². The van der Waals surface area contributed by atoms with Gasteiger partial charge in [0.15, 0.2) is 0 Å². The van der Waals surface area contributed by atoms with Gasteiger partial charge >= 0.3 is 0 Å². The number of thioether (sulfide) groups is 1. The van der Waals surface area contributed by atoms with Gasteiger partial charge in [-0.1, -0.05) is 6.07 Å². The highest BCUT2D eigenvalue weighted by atomic mass is 32.2. The van der Waals surface area contributed by atoms with Crippen LogP contribution in [0.15, 0.2) is 41.4 Å². The Morgan fingerprint density at radius 2 is 2.21 bits per heavy atom. The minimum atomic E-state index is 0.541. The molecule has 0 bridgehead atoms. The predicted molar refractivity (Wildman–Crippen MR) is 59.8 cm³/mol. The van der Waals surface area contributed by atoms with E-state index in [4.69, 9.17) is 5.73 Å². The van der Waals surface area contributed by atoms with Crippen LogP contribution in [-0.2, 0) is 0 Å². The van der Waals surface area contributed by atoms with E-state index in [-0.39, 0.29) is 0 Å². The minimum absolute atomic E-state index is 0.541. The molecule has 72 valence electrons. The van der Waals surface area contributed by atoms with Crippen molar-refractivity contribution >= 4 is 17.6 Å². The van der Waals surface area contributed by atoms with Gasteiger partial charge in [-0.05, 0) is 24.5 Å². The molecule has 0 aliphatic heterocycles. The van der Waals surface area contributed by atoms with Crippen molar-refractivity contribution < 1.29 is 0 Å². The van der Waals surface area contributed by atoms with Crippen LogP contribution in [0.5, 0.6) is 0 Å². The largest absolute Gasteiger partial charge is 0.382 e. The number of nitrogens with two attached hydrogens (primary N) is 1. The van der Waals surface area contributed by atoms with Crippen molar-refractivity contribution in [2.24, 2.45) is 0 Å². The Morgan fingerprint density at radius 1 is 1.36 bits per heavy atom. The predicted octanol–water partition coefficient (Wildman–Crippen LogP) is 2.18. The fourth-order valence-corrected chi connectivity index (χ4v) is 1.69. The highest BCUT2D eigenvalue weighted by molar-refractivity contribution is 7.98. The van der Waals surface area contributed by atoms with Crippen LogP contribution in [0, 0.1) is 0 Å². The fourth-order valence-electron chi connectivity index (χ4n) is 1.23. The summed E-state index contributed by atoms with van der Waals surface area (Å²) in [6, 6.07) is 9.95. The number of aromatic nitrogens is 2. The maximum Gasteiger partial charge on any atom is 0.145 e. The highest BCUT2D eigenvalue weighted by Crippen LogP contribution is 2.18. The lowest BCUT2D eigenvalue weighted by Crippen LogP contribution is -1.95. The first kappa shape index (κ1) is 9.15. The Kier molecular flexibility index (Phi) is 2.45. The fraction of sp³-hybridized carbons (Fsp3) is 0.100. The number of nitrogens with zero attached hydrogens (tertiary/aromatic N) is 2. The second kappa shape index (κ2) is 3.75. The quantitative estimate of drug-likeness (QED) is 0.764. The Balaban J connectivity index is 2.41. The van der Waals surface area contributed by atoms with E-state index in [1.807, 2.05) is 18.3 Å². The summed E-state index contributed by atoms with van der Waals surface area (Å²) in [5.41, 5.74) is 6.59. The van der Waals surface area contributed by atoms with Crippen molar-refractivity contribution in [3.05, 3.63) is 36.5 Å². The third-order valence-electron chi connectivity index (χ3n) is 1.93. The minimum Gasteiger partial charge on any atom is -0.382 e. The van der Waals surface area contributed by atoms with Gasteiger partial charge in [-0.2, -0.15) is 5.10 Å². The molecule has 0 fully saturated rings. The zero-order chi connectivity index (χ0) is 9.97. The summed E-state index contributed by atoms with van der Waals surface area (Å²) < 4.78 is 1.77. The molecule has 2 aromatic rings. The molecule has 0 amide bonds. The van der Waals surface area contributed by atoms with Gasteiger partial charge in [0.2, 0.25) is 0 Å². The van der Waals surface area contributed by atoms with Gasteiger partial charge in [0, 0.05) is 17.2 Å². The lowest BCUT2D eigenvalue weighted by molar-refractivity contribution is 0.882. The Bertz CT molecular complexity index is 436. The molecular formula is C10H11N3S. The van der Waals surface area contributed by atoms with Gasteiger partial charge in [0.05, 0.1) is 5.69 Å². The van der Waals surface area contributed by atoms with Gasteiger partial charge in [-0.15, -0.1) is 11.8 Å². The molecule has 4 heteroatoms. The molecule has 1 aromatic carbocycles. The average molecular weight is 205 g/mol. The lowest BCUT2D eigenvalue weighted by atomic mass is 10.3. The number of hydrogen-bond donors (Lipinski definition) is 1. The smallest absolute Gasteiger partial charge is 0.145 e. The molecule has 0 saturated carbocycles. The molecule has 0 radical (unpaired) electrons. The van der Waals surface area contributed by atoms with Crippen molar-refractivity contribution in [3.63, 3.8) is 0 Å². The van der Waals surface area contributed by atoms with Crippen LogP contribution < -0.4 is 5.73 Å². The van der Waals surface area contributed by atoms with Gasteiger partial charge < -0.3 is 5.73 Å². The van der Waals surface area contributed by atoms with Crippen LogP contribution in [0.1, 0.15) is 0 Å². The summed E-state index contributed by atoms with van der Waals surface area (Å²) in [5.74, 6) is 0.541. The summed E-state index contributed by atoms with van der Waals surface area (Å²) >= 11 is 1.71. The maximum atomic E-state index is 5.55. The van der Waals surface area contributed by atoms with Gasteiger partial charge in [-0.3, -0.25) is 0 Å². The highest BCUT2D eigenvalue weighted by Gasteiger charge is 1.98. The van der Waals surface area contributed by atoms with Gasteiger partial charge in [-0.25, -0.2) is 4.68 Å². The van der Waals surface area contributed by atoms with Crippen molar-refractivity contribution in [2.45, 2.75) is 4.90 Å². The topological polar surface area (TPSA) is 43.8 Å². The van der Waals surface area contributed by atoms with Crippen molar-refractivity contribution in [2.75, 3.05) is 12.0 Å². The molecule has 1 heterocycles. The average Bonchev–Trinajstić information content (AvgIpc) is 2.65. The second-order valence-electron chi connectivity index (χ2n) is 2.89. The molecule has 0 atom stereocenters. The molecule has 0 saturated heterocycles. The van der Waals surface area contributed by atoms with Crippen molar-refractivity contribution in [3.8, 4) is 5.69 Å². The van der Waals surface area contributed by atoms with E-state index < -0.39 is 0 Å². The number of hydrogen-bond acceptors (Lipinski definition) is 3. The molecule has 3 nitrogen and oxygen atoms in total. The van der Waals surface area contributed by atoms with Crippen LogP contribution in [0.25, 0.3) is 5.69 Å². The third kappa shape index (κ3) is 1.75. The van der Waals surface area contributed by atoms with E-state index in [9.17, 15) is 0 Å². The number of rotatable bonds is 2. The zero-order valence-corrected chi connectivity index (χ0v) is 8.66. The van der Waals surface area contributed by atoms with Gasteiger partial charge in [0.1, 0.15) is 5.82 Å². The van der Waals surface area contributed by atoms with Crippen LogP contribution in [0.2, 0.25) is 0 Å². The summed E-state index contributed by atoms with van der Waals surface area (Å²) in [6.45, 7) is 0. The molecule has 0 aliphatic rings. The summed E-state index contributed by atoms with van der Waals surface area (Å²) in [6.07, 6.45) is 3.91. The molecule has 1 aromatic heterocycles. The molecule has 2 N–H and O–H groups in total. The maximum absolute atomic E-state index is 5.55. The Labute approximate surface area is 86.9 Å². The van der Waals surface area contributed by atoms with E-state index in [2.05, 4.69) is 23.5 Å². The molecule has 0 spiro atoms. The number of anilines is 1. The van der Waals surface area contributed by atoms with Crippen molar-refractivity contribution in [1.82, 2.24) is 9.78 Å². The number of nitrogen functional groups attached to an aromatic ring is 1. The van der Waals surface area contributed by atoms with Crippen LogP contribution >= 0.6 is 11.8 Å². The van der Waals surface area contributed by atoms with Crippen molar-refractivity contribution in [1.29, 1.82) is 0 Å². The molecular weight excluding hydrogens is 194 g/mol. The number of benzene rings is 1. The molecule has 2 rings (SSSR count). The Hall–Kier alpha value is -1.42. The summed E-state index contributed by atoms with van der Waals surface area (Å²) in [7, 11) is 0. The first-order valence-electron chi connectivity index (χ1n) is 4.25. The van der Waals surface area contributed by atoms with Crippen LogP contribution in [0.3, 0.4) is 0 Å². The molecule has 0 aliphatic carbocycles. The zero-order valence-electron chi connectivity index (χ0n) is 7.84. The normalized spacial score (nSPS) is 10.4. The SMILES string of the molecule is CSc1cccc(-n2ccc(N)n2)c1. The monoisotopic (exact) mass is 205 g/mol. The molecule has 0 unspecified atom stereocenters. The van der Waals surface area contributed by atoms with Crippen LogP contribution in [0.4, 0.5) is 5.82 Å². The second-order valence-corrected chi connectivity index (χ2v) is 3.77. The molecule has 14 heavy (non-hydrogen) atoms. The standard InChI is InChI=1S/C10H11N3S/c1-14-9-4-2-3-8(7-9)13-6-5-10(11)12-13/h2-7H,1H3,(H2,11,12). The van der Waals surface area contributed by atoms with E-state index in [0.717, 1.165) is 5.69 Å². The first-order chi connectivity index (χ1) is 6.79. The third-order valence-corrected chi connectivity index (χ3v) is 2.65. The lowest BCUT2D eigenvalue weighted by Gasteiger charge is -2.02. The van der Waals surface area contributed by atoms with E-state index in [0.29, 0.717) is 5.82 Å². The Morgan fingerprint density at radius 3 is 2.86 bits per heavy atom.